The first-order chi connectivity index (χ1) is 10.2. The van der Waals surface area contributed by atoms with Crippen molar-refractivity contribution < 1.29 is 9.90 Å². The second-order valence-electron chi connectivity index (χ2n) is 5.90. The molecule has 0 saturated carbocycles. The molecule has 116 valence electrons. The highest BCUT2D eigenvalue weighted by molar-refractivity contribution is 5.95. The van der Waals surface area contributed by atoms with Gasteiger partial charge in [0.1, 0.15) is 0 Å². The maximum atomic E-state index is 12.7. The van der Waals surface area contributed by atoms with Gasteiger partial charge in [0.15, 0.2) is 0 Å². The third-order valence-electron chi connectivity index (χ3n) is 4.38. The normalized spacial score (nSPS) is 17.4. The van der Waals surface area contributed by atoms with E-state index in [0.717, 1.165) is 50.0 Å². The molecule has 1 aromatic carbocycles. The molecule has 3 N–H and O–H groups in total. The van der Waals surface area contributed by atoms with E-state index in [2.05, 4.69) is 17.6 Å². The Bertz CT molecular complexity index is 445. The number of carbonyl (C=O) groups excluding carboxylic acids is 1. The Morgan fingerprint density at radius 2 is 1.95 bits per heavy atom. The first-order valence-electron chi connectivity index (χ1n) is 7.92. The summed E-state index contributed by atoms with van der Waals surface area (Å²) >= 11 is 0. The van der Waals surface area contributed by atoms with E-state index in [-0.39, 0.29) is 17.9 Å². The van der Waals surface area contributed by atoms with Gasteiger partial charge in [0.25, 0.3) is 0 Å². The lowest BCUT2D eigenvalue weighted by Crippen LogP contribution is -2.44. The number of anilines is 1. The highest BCUT2D eigenvalue weighted by atomic mass is 16.2. The van der Waals surface area contributed by atoms with Crippen LogP contribution in [0.5, 0.6) is 0 Å². The minimum atomic E-state index is -0.218. The number of hydrogen-bond acceptors (Lipinski definition) is 3. The number of amides is 1. The summed E-state index contributed by atoms with van der Waals surface area (Å²) in [6, 6.07) is 7.76. The van der Waals surface area contributed by atoms with Crippen LogP contribution in [0.2, 0.25) is 0 Å². The summed E-state index contributed by atoms with van der Waals surface area (Å²) in [7, 11) is 0. The minimum Gasteiger partial charge on any atom is -0.396 e. The second-order valence-corrected chi connectivity index (χ2v) is 5.90. The molecule has 1 saturated heterocycles. The number of benzene rings is 1. The smallest absolute Gasteiger partial charge is 0.230 e. The van der Waals surface area contributed by atoms with Gasteiger partial charge in [0, 0.05) is 12.3 Å². The molecule has 0 spiro atoms. The molecule has 1 amide bonds. The topological polar surface area (TPSA) is 61.4 Å². The molecule has 0 unspecified atom stereocenters. The van der Waals surface area contributed by atoms with Gasteiger partial charge >= 0.3 is 0 Å². The lowest BCUT2D eigenvalue weighted by atomic mass is 9.74. The Morgan fingerprint density at radius 3 is 2.52 bits per heavy atom. The first-order valence-corrected chi connectivity index (χ1v) is 7.92. The van der Waals surface area contributed by atoms with Crippen LogP contribution < -0.4 is 10.6 Å². The van der Waals surface area contributed by atoms with Crippen LogP contribution in [0.15, 0.2) is 24.3 Å². The van der Waals surface area contributed by atoms with E-state index in [1.807, 2.05) is 24.3 Å². The van der Waals surface area contributed by atoms with Gasteiger partial charge in [-0.3, -0.25) is 4.79 Å². The predicted octanol–water partition coefficient (Wildman–Crippen LogP) is 2.33. The van der Waals surface area contributed by atoms with Gasteiger partial charge in [-0.1, -0.05) is 25.5 Å². The fourth-order valence-corrected chi connectivity index (χ4v) is 3.12. The third-order valence-corrected chi connectivity index (χ3v) is 4.38. The summed E-state index contributed by atoms with van der Waals surface area (Å²) < 4.78 is 0. The molecule has 0 aromatic heterocycles. The highest BCUT2D eigenvalue weighted by Crippen LogP contribution is 2.35. The lowest BCUT2D eigenvalue weighted by Gasteiger charge is -2.36. The Labute approximate surface area is 126 Å². The number of carbonyl (C=O) groups is 1. The average molecular weight is 290 g/mol. The maximum absolute atomic E-state index is 12.7. The summed E-state index contributed by atoms with van der Waals surface area (Å²) in [5.41, 5.74) is 1.71. The van der Waals surface area contributed by atoms with E-state index in [1.54, 1.807) is 0 Å². The number of hydrogen-bond donors (Lipinski definition) is 3. The van der Waals surface area contributed by atoms with E-state index >= 15 is 0 Å². The fraction of sp³-hybridized carbons (Fsp3) is 0.588. The van der Waals surface area contributed by atoms with Crippen molar-refractivity contribution >= 4 is 11.6 Å². The molecule has 4 nitrogen and oxygen atoms in total. The molecule has 2 rings (SSSR count). The summed E-state index contributed by atoms with van der Waals surface area (Å²) in [6.07, 6.45) is 4.45. The van der Waals surface area contributed by atoms with Crippen molar-refractivity contribution in [3.8, 4) is 0 Å². The summed E-state index contributed by atoms with van der Waals surface area (Å²) in [5, 5.41) is 15.3. The SMILES string of the molecule is CCCC1(C(=O)Nc2ccc(CCO)cc2)CCNCC1. The molecular weight excluding hydrogens is 264 g/mol. The van der Waals surface area contributed by atoms with Crippen LogP contribution in [-0.2, 0) is 11.2 Å². The molecule has 0 bridgehead atoms. The molecular formula is C17H26N2O2. The van der Waals surface area contributed by atoms with Crippen LogP contribution in [0.1, 0.15) is 38.2 Å². The van der Waals surface area contributed by atoms with Crippen LogP contribution in [-0.4, -0.2) is 30.7 Å². The molecule has 1 heterocycles. The van der Waals surface area contributed by atoms with Crippen molar-refractivity contribution in [2.24, 2.45) is 5.41 Å². The van der Waals surface area contributed by atoms with Gasteiger partial charge in [-0.25, -0.2) is 0 Å². The van der Waals surface area contributed by atoms with Gasteiger partial charge in [-0.2, -0.15) is 0 Å². The van der Waals surface area contributed by atoms with Crippen molar-refractivity contribution in [1.29, 1.82) is 0 Å². The zero-order valence-electron chi connectivity index (χ0n) is 12.8. The Hall–Kier alpha value is -1.39. The predicted molar refractivity (Wildman–Crippen MR) is 85.3 cm³/mol. The maximum Gasteiger partial charge on any atom is 0.230 e. The Morgan fingerprint density at radius 1 is 1.29 bits per heavy atom. The van der Waals surface area contributed by atoms with Crippen LogP contribution in [0.25, 0.3) is 0 Å². The molecule has 1 aromatic rings. The van der Waals surface area contributed by atoms with Crippen LogP contribution in [0.3, 0.4) is 0 Å². The molecule has 0 atom stereocenters. The van der Waals surface area contributed by atoms with Gasteiger partial charge in [-0.15, -0.1) is 0 Å². The molecule has 0 aliphatic carbocycles. The highest BCUT2D eigenvalue weighted by Gasteiger charge is 2.38. The number of rotatable bonds is 6. The molecule has 0 radical (unpaired) electrons. The molecule has 1 fully saturated rings. The van der Waals surface area contributed by atoms with Crippen molar-refractivity contribution in [3.05, 3.63) is 29.8 Å². The van der Waals surface area contributed by atoms with Crippen molar-refractivity contribution in [2.45, 2.75) is 39.0 Å². The van der Waals surface area contributed by atoms with Gasteiger partial charge in [0.2, 0.25) is 5.91 Å². The van der Waals surface area contributed by atoms with Crippen molar-refractivity contribution in [3.63, 3.8) is 0 Å². The molecule has 1 aliphatic heterocycles. The van der Waals surface area contributed by atoms with E-state index in [0.29, 0.717) is 6.42 Å². The lowest BCUT2D eigenvalue weighted by molar-refractivity contribution is -0.127. The van der Waals surface area contributed by atoms with Gasteiger partial charge in [0.05, 0.1) is 5.41 Å². The number of nitrogens with one attached hydrogen (secondary N) is 2. The number of aliphatic hydroxyl groups is 1. The summed E-state index contributed by atoms with van der Waals surface area (Å²) in [4.78, 5) is 12.7. The summed E-state index contributed by atoms with van der Waals surface area (Å²) in [5.74, 6) is 0.153. The van der Waals surface area contributed by atoms with Crippen molar-refractivity contribution in [1.82, 2.24) is 5.32 Å². The summed E-state index contributed by atoms with van der Waals surface area (Å²) in [6.45, 7) is 4.13. The van der Waals surface area contributed by atoms with E-state index in [4.69, 9.17) is 5.11 Å². The minimum absolute atomic E-state index is 0.151. The standard InChI is InChI=1S/C17H26N2O2/c1-2-8-17(9-11-18-12-10-17)16(21)19-15-5-3-14(4-6-15)7-13-20/h3-6,18,20H,2,7-13H2,1H3,(H,19,21). The largest absolute Gasteiger partial charge is 0.396 e. The Balaban J connectivity index is 2.04. The molecule has 1 aliphatic rings. The third kappa shape index (κ3) is 4.05. The fourth-order valence-electron chi connectivity index (χ4n) is 3.12. The molecule has 21 heavy (non-hydrogen) atoms. The first kappa shape index (κ1) is 16.0. The average Bonchev–Trinajstić information content (AvgIpc) is 2.51. The monoisotopic (exact) mass is 290 g/mol. The van der Waals surface area contributed by atoms with E-state index in [9.17, 15) is 4.79 Å². The zero-order valence-corrected chi connectivity index (χ0v) is 12.8. The van der Waals surface area contributed by atoms with E-state index < -0.39 is 0 Å². The van der Waals surface area contributed by atoms with Crippen LogP contribution in [0.4, 0.5) is 5.69 Å². The second kappa shape index (κ2) is 7.57. The molecule has 4 heteroatoms. The van der Waals surface area contributed by atoms with Crippen molar-refractivity contribution in [2.75, 3.05) is 25.0 Å². The number of aliphatic hydroxyl groups excluding tert-OH is 1. The zero-order chi connectivity index (χ0) is 15.1. The van der Waals surface area contributed by atoms with Crippen LogP contribution in [0, 0.1) is 5.41 Å². The van der Waals surface area contributed by atoms with Gasteiger partial charge in [-0.05, 0) is 56.5 Å². The van der Waals surface area contributed by atoms with Gasteiger partial charge < -0.3 is 15.7 Å². The quantitative estimate of drug-likeness (QED) is 0.753. The Kier molecular flexibility index (Phi) is 5.76. The number of piperidine rings is 1. The van der Waals surface area contributed by atoms with Crippen LogP contribution >= 0.6 is 0 Å². The van der Waals surface area contributed by atoms with E-state index in [1.165, 1.54) is 0 Å².